The molecule has 2 N–H and O–H groups in total. The largest absolute Gasteiger partial charge is 0.330 e. The summed E-state index contributed by atoms with van der Waals surface area (Å²) >= 11 is 0. The molecular weight excluding hydrogens is 246 g/mol. The van der Waals surface area contributed by atoms with Gasteiger partial charge in [0.1, 0.15) is 5.82 Å². The van der Waals surface area contributed by atoms with Gasteiger partial charge < -0.3 is 10.3 Å². The van der Waals surface area contributed by atoms with Crippen LogP contribution in [0.2, 0.25) is 0 Å². The number of fused-ring (bicyclic) bond motifs is 1. The zero-order valence-electron chi connectivity index (χ0n) is 11.9. The number of nitrogens with two attached hydrogens (primary N) is 1. The van der Waals surface area contributed by atoms with E-state index in [0.29, 0.717) is 6.54 Å². The Labute approximate surface area is 119 Å². The van der Waals surface area contributed by atoms with Gasteiger partial charge in [-0.15, -0.1) is 0 Å². The molecule has 1 aromatic heterocycles. The summed E-state index contributed by atoms with van der Waals surface area (Å²) < 4.78 is 2.16. The minimum atomic E-state index is 0.675. The molecule has 0 unspecified atom stereocenters. The summed E-state index contributed by atoms with van der Waals surface area (Å²) in [6.07, 6.45) is 0.904. The van der Waals surface area contributed by atoms with Crippen molar-refractivity contribution >= 4 is 11.0 Å². The van der Waals surface area contributed by atoms with Crippen LogP contribution < -0.4 is 5.73 Å². The number of imidazole rings is 1. The van der Waals surface area contributed by atoms with E-state index in [1.165, 1.54) is 16.7 Å². The highest BCUT2D eigenvalue weighted by molar-refractivity contribution is 5.81. The third-order valence-electron chi connectivity index (χ3n) is 3.76. The maximum atomic E-state index is 5.64. The molecule has 0 aliphatic rings. The van der Waals surface area contributed by atoms with Crippen molar-refractivity contribution in [1.82, 2.24) is 9.55 Å². The molecule has 2 aromatic carbocycles. The summed E-state index contributed by atoms with van der Waals surface area (Å²) in [5.41, 5.74) is 11.5. The van der Waals surface area contributed by atoms with Crippen molar-refractivity contribution in [3.05, 3.63) is 53.6 Å². The molecule has 0 aliphatic carbocycles. The van der Waals surface area contributed by atoms with Crippen molar-refractivity contribution < 1.29 is 0 Å². The van der Waals surface area contributed by atoms with Crippen LogP contribution in [0.25, 0.3) is 22.4 Å². The van der Waals surface area contributed by atoms with E-state index in [4.69, 9.17) is 10.7 Å². The Morgan fingerprint density at radius 3 is 2.70 bits per heavy atom. The van der Waals surface area contributed by atoms with Crippen LogP contribution in [0.1, 0.15) is 11.1 Å². The monoisotopic (exact) mass is 265 g/mol. The van der Waals surface area contributed by atoms with Gasteiger partial charge in [-0.2, -0.15) is 0 Å². The third kappa shape index (κ3) is 2.10. The number of hydrogen-bond acceptors (Lipinski definition) is 2. The summed E-state index contributed by atoms with van der Waals surface area (Å²) in [5, 5.41) is 0. The number of benzene rings is 2. The molecule has 0 saturated carbocycles. The van der Waals surface area contributed by atoms with Crippen LogP contribution in [0.3, 0.4) is 0 Å². The fraction of sp³-hybridized carbons (Fsp3) is 0.235. The predicted molar refractivity (Wildman–Crippen MR) is 83.6 cm³/mol. The Bertz CT molecular complexity index is 756. The minimum Gasteiger partial charge on any atom is -0.330 e. The van der Waals surface area contributed by atoms with Gasteiger partial charge in [0, 0.05) is 12.6 Å². The second kappa shape index (κ2) is 5.10. The highest BCUT2D eigenvalue weighted by atomic mass is 15.1. The fourth-order valence-electron chi connectivity index (χ4n) is 2.62. The van der Waals surface area contributed by atoms with Crippen LogP contribution in [0, 0.1) is 6.92 Å². The molecule has 1 heterocycles. The molecule has 0 aliphatic heterocycles. The summed E-state index contributed by atoms with van der Waals surface area (Å²) in [7, 11) is 2.07. The van der Waals surface area contributed by atoms with E-state index < -0.39 is 0 Å². The molecule has 3 heteroatoms. The maximum Gasteiger partial charge on any atom is 0.141 e. The standard InChI is InChI=1S/C17H19N3/c1-12-5-3-4-6-14(12)17-19-15-8-7-13(9-10-18)11-16(15)20(17)2/h3-8,11H,9-10,18H2,1-2H3. The van der Waals surface area contributed by atoms with Crippen molar-refractivity contribution in [2.75, 3.05) is 6.54 Å². The number of aromatic nitrogens is 2. The highest BCUT2D eigenvalue weighted by Gasteiger charge is 2.11. The van der Waals surface area contributed by atoms with Crippen molar-refractivity contribution in [2.45, 2.75) is 13.3 Å². The van der Waals surface area contributed by atoms with E-state index in [1.54, 1.807) is 0 Å². The Morgan fingerprint density at radius 1 is 1.15 bits per heavy atom. The van der Waals surface area contributed by atoms with Crippen LogP contribution in [0.5, 0.6) is 0 Å². The molecule has 3 rings (SSSR count). The third-order valence-corrected chi connectivity index (χ3v) is 3.76. The molecule has 102 valence electrons. The SMILES string of the molecule is Cc1ccccc1-c1nc2ccc(CCN)cc2n1C. The van der Waals surface area contributed by atoms with Gasteiger partial charge >= 0.3 is 0 Å². The van der Waals surface area contributed by atoms with Crippen LogP contribution in [-0.4, -0.2) is 16.1 Å². The molecular formula is C17H19N3. The van der Waals surface area contributed by atoms with Gasteiger partial charge in [-0.3, -0.25) is 0 Å². The van der Waals surface area contributed by atoms with E-state index in [-0.39, 0.29) is 0 Å². The number of rotatable bonds is 3. The summed E-state index contributed by atoms with van der Waals surface area (Å²) in [6.45, 7) is 2.79. The van der Waals surface area contributed by atoms with E-state index in [0.717, 1.165) is 23.3 Å². The maximum absolute atomic E-state index is 5.64. The van der Waals surface area contributed by atoms with Gasteiger partial charge in [0.25, 0.3) is 0 Å². The number of hydrogen-bond donors (Lipinski definition) is 1. The topological polar surface area (TPSA) is 43.8 Å². The van der Waals surface area contributed by atoms with Crippen LogP contribution >= 0.6 is 0 Å². The summed E-state index contributed by atoms with van der Waals surface area (Å²) in [4.78, 5) is 4.78. The van der Waals surface area contributed by atoms with E-state index in [1.807, 2.05) is 0 Å². The molecule has 0 spiro atoms. The fourth-order valence-corrected chi connectivity index (χ4v) is 2.62. The van der Waals surface area contributed by atoms with Gasteiger partial charge in [-0.05, 0) is 43.1 Å². The van der Waals surface area contributed by atoms with Crippen LogP contribution in [-0.2, 0) is 13.5 Å². The summed E-state index contributed by atoms with van der Waals surface area (Å²) in [6, 6.07) is 14.7. The number of nitrogens with zero attached hydrogens (tertiary/aromatic N) is 2. The lowest BCUT2D eigenvalue weighted by Crippen LogP contribution is -2.02. The molecule has 0 atom stereocenters. The number of aryl methyl sites for hydroxylation is 2. The van der Waals surface area contributed by atoms with Crippen molar-refractivity contribution in [3.63, 3.8) is 0 Å². The Hall–Kier alpha value is -2.13. The molecule has 0 saturated heterocycles. The lowest BCUT2D eigenvalue weighted by atomic mass is 10.1. The first-order valence-corrected chi connectivity index (χ1v) is 6.92. The minimum absolute atomic E-state index is 0.675. The molecule has 0 radical (unpaired) electrons. The molecule has 0 amide bonds. The Morgan fingerprint density at radius 2 is 1.95 bits per heavy atom. The predicted octanol–water partition coefficient (Wildman–Crippen LogP) is 3.05. The summed E-state index contributed by atoms with van der Waals surface area (Å²) in [5.74, 6) is 1.02. The lowest BCUT2D eigenvalue weighted by molar-refractivity contribution is 0.947. The van der Waals surface area contributed by atoms with Crippen LogP contribution in [0.15, 0.2) is 42.5 Å². The zero-order chi connectivity index (χ0) is 14.1. The van der Waals surface area contributed by atoms with Gasteiger partial charge in [-0.1, -0.05) is 30.3 Å². The Kier molecular flexibility index (Phi) is 3.28. The lowest BCUT2D eigenvalue weighted by Gasteiger charge is -2.06. The van der Waals surface area contributed by atoms with Crippen molar-refractivity contribution in [1.29, 1.82) is 0 Å². The quantitative estimate of drug-likeness (QED) is 0.791. The first-order valence-electron chi connectivity index (χ1n) is 6.92. The van der Waals surface area contributed by atoms with Crippen molar-refractivity contribution in [3.8, 4) is 11.4 Å². The molecule has 0 bridgehead atoms. The van der Waals surface area contributed by atoms with Gasteiger partial charge in [-0.25, -0.2) is 4.98 Å². The molecule has 20 heavy (non-hydrogen) atoms. The second-order valence-electron chi connectivity index (χ2n) is 5.17. The average Bonchev–Trinajstić information content (AvgIpc) is 2.77. The first kappa shape index (κ1) is 12.9. The average molecular weight is 265 g/mol. The zero-order valence-corrected chi connectivity index (χ0v) is 11.9. The second-order valence-corrected chi connectivity index (χ2v) is 5.17. The molecule has 3 aromatic rings. The molecule has 0 fully saturated rings. The van der Waals surface area contributed by atoms with Gasteiger partial charge in [0.05, 0.1) is 11.0 Å². The van der Waals surface area contributed by atoms with Gasteiger partial charge in [0.2, 0.25) is 0 Å². The normalized spacial score (nSPS) is 11.2. The molecule has 3 nitrogen and oxygen atoms in total. The van der Waals surface area contributed by atoms with E-state index in [9.17, 15) is 0 Å². The van der Waals surface area contributed by atoms with Crippen molar-refractivity contribution in [2.24, 2.45) is 12.8 Å². The Balaban J connectivity index is 2.18. The van der Waals surface area contributed by atoms with E-state index in [2.05, 4.69) is 61.0 Å². The smallest absolute Gasteiger partial charge is 0.141 e. The van der Waals surface area contributed by atoms with Crippen LogP contribution in [0.4, 0.5) is 0 Å². The first-order chi connectivity index (χ1) is 9.70. The highest BCUT2D eigenvalue weighted by Crippen LogP contribution is 2.26. The van der Waals surface area contributed by atoms with E-state index >= 15 is 0 Å². The van der Waals surface area contributed by atoms with Gasteiger partial charge in [0.15, 0.2) is 0 Å².